The molecule has 1 unspecified atom stereocenters. The fraction of sp³-hybridized carbons (Fsp3) is 0.222. The number of furan rings is 1. The van der Waals surface area contributed by atoms with Gasteiger partial charge in [0.2, 0.25) is 0 Å². The van der Waals surface area contributed by atoms with Crippen molar-refractivity contribution in [2.45, 2.75) is 26.9 Å². The first-order chi connectivity index (χ1) is 9.99. The van der Waals surface area contributed by atoms with E-state index in [4.69, 9.17) is 4.42 Å². The van der Waals surface area contributed by atoms with Crippen LogP contribution in [-0.4, -0.2) is 5.11 Å². The molecule has 1 heterocycles. The summed E-state index contributed by atoms with van der Waals surface area (Å²) in [7, 11) is 0. The van der Waals surface area contributed by atoms with Crippen molar-refractivity contribution in [3.63, 3.8) is 0 Å². The van der Waals surface area contributed by atoms with Crippen LogP contribution in [0.2, 0.25) is 0 Å². The smallest absolute Gasteiger partial charge is 0.141 e. The lowest BCUT2D eigenvalue weighted by Gasteiger charge is -2.14. The zero-order valence-corrected chi connectivity index (χ0v) is 12.3. The Bertz CT molecular complexity index is 817. The third-order valence-electron chi connectivity index (χ3n) is 4.12. The minimum Gasteiger partial charge on any atom is -0.458 e. The van der Waals surface area contributed by atoms with Gasteiger partial charge in [-0.1, -0.05) is 18.2 Å². The van der Waals surface area contributed by atoms with Crippen LogP contribution < -0.4 is 0 Å². The number of benzene rings is 2. The molecule has 1 atom stereocenters. The van der Waals surface area contributed by atoms with Gasteiger partial charge in [0.15, 0.2) is 0 Å². The van der Waals surface area contributed by atoms with Crippen LogP contribution in [0.1, 0.15) is 34.1 Å². The molecule has 0 amide bonds. The third-order valence-corrected chi connectivity index (χ3v) is 4.12. The zero-order chi connectivity index (χ0) is 15.1. The Kier molecular flexibility index (Phi) is 3.30. The van der Waals surface area contributed by atoms with Gasteiger partial charge in [-0.05, 0) is 55.7 Å². The van der Waals surface area contributed by atoms with Crippen molar-refractivity contribution in [1.82, 2.24) is 0 Å². The average Bonchev–Trinajstić information content (AvgIpc) is 2.78. The molecule has 3 aromatic rings. The first-order valence-electron chi connectivity index (χ1n) is 6.91. The van der Waals surface area contributed by atoms with Crippen molar-refractivity contribution in [3.05, 3.63) is 70.2 Å². The molecular formula is C18H17FO2. The van der Waals surface area contributed by atoms with Crippen molar-refractivity contribution < 1.29 is 13.9 Å². The van der Waals surface area contributed by atoms with Crippen LogP contribution in [0, 0.1) is 26.6 Å². The Morgan fingerprint density at radius 1 is 1.05 bits per heavy atom. The van der Waals surface area contributed by atoms with E-state index in [0.29, 0.717) is 16.7 Å². The SMILES string of the molecule is Cc1cccc(C(O)c2oc3ccc(F)cc3c2C)c1C. The van der Waals surface area contributed by atoms with Gasteiger partial charge in [0, 0.05) is 10.9 Å². The summed E-state index contributed by atoms with van der Waals surface area (Å²) in [6.07, 6.45) is -0.847. The molecule has 1 aromatic heterocycles. The molecule has 0 saturated heterocycles. The van der Waals surface area contributed by atoms with Gasteiger partial charge in [0.25, 0.3) is 0 Å². The molecule has 0 aliphatic carbocycles. The molecule has 2 aromatic carbocycles. The molecule has 21 heavy (non-hydrogen) atoms. The molecule has 0 spiro atoms. The second kappa shape index (κ2) is 5.01. The quantitative estimate of drug-likeness (QED) is 0.747. The molecule has 0 saturated carbocycles. The summed E-state index contributed by atoms with van der Waals surface area (Å²) in [5.74, 6) is 0.170. The minimum absolute atomic E-state index is 0.306. The predicted octanol–water partition coefficient (Wildman–Crippen LogP) is 4.58. The predicted molar refractivity (Wildman–Crippen MR) is 80.9 cm³/mol. The molecule has 0 aliphatic heterocycles. The maximum atomic E-state index is 13.4. The number of fused-ring (bicyclic) bond motifs is 1. The summed E-state index contributed by atoms with van der Waals surface area (Å²) < 4.78 is 19.1. The topological polar surface area (TPSA) is 33.4 Å². The van der Waals surface area contributed by atoms with E-state index >= 15 is 0 Å². The first kappa shape index (κ1) is 13.8. The first-order valence-corrected chi connectivity index (χ1v) is 6.91. The molecule has 1 N–H and O–H groups in total. The highest BCUT2D eigenvalue weighted by Gasteiger charge is 2.21. The lowest BCUT2D eigenvalue weighted by molar-refractivity contribution is 0.190. The van der Waals surface area contributed by atoms with Crippen LogP contribution >= 0.6 is 0 Å². The monoisotopic (exact) mass is 284 g/mol. The summed E-state index contributed by atoms with van der Waals surface area (Å²) in [5, 5.41) is 11.4. The number of hydrogen-bond donors (Lipinski definition) is 1. The van der Waals surface area contributed by atoms with Crippen molar-refractivity contribution in [2.75, 3.05) is 0 Å². The van der Waals surface area contributed by atoms with Crippen molar-refractivity contribution in [1.29, 1.82) is 0 Å². The molecule has 0 radical (unpaired) electrons. The molecule has 3 rings (SSSR count). The van der Waals surface area contributed by atoms with E-state index in [2.05, 4.69) is 0 Å². The van der Waals surface area contributed by atoms with E-state index < -0.39 is 6.10 Å². The van der Waals surface area contributed by atoms with Crippen LogP contribution in [0.5, 0.6) is 0 Å². The Balaban J connectivity index is 2.15. The lowest BCUT2D eigenvalue weighted by atomic mass is 9.96. The van der Waals surface area contributed by atoms with E-state index in [1.54, 1.807) is 6.07 Å². The Hall–Kier alpha value is -2.13. The van der Waals surface area contributed by atoms with E-state index in [0.717, 1.165) is 22.3 Å². The van der Waals surface area contributed by atoms with Crippen LogP contribution in [0.25, 0.3) is 11.0 Å². The van der Waals surface area contributed by atoms with Crippen molar-refractivity contribution in [3.8, 4) is 0 Å². The number of aryl methyl sites for hydroxylation is 2. The molecule has 108 valence electrons. The highest BCUT2D eigenvalue weighted by atomic mass is 19.1. The zero-order valence-electron chi connectivity index (χ0n) is 12.3. The van der Waals surface area contributed by atoms with Gasteiger partial charge in [0.05, 0.1) is 0 Å². The maximum Gasteiger partial charge on any atom is 0.141 e. The highest BCUT2D eigenvalue weighted by Crippen LogP contribution is 2.34. The Morgan fingerprint density at radius 3 is 2.57 bits per heavy atom. The van der Waals surface area contributed by atoms with E-state index in [1.807, 2.05) is 39.0 Å². The Morgan fingerprint density at radius 2 is 1.81 bits per heavy atom. The van der Waals surface area contributed by atoms with Gasteiger partial charge in [0.1, 0.15) is 23.3 Å². The number of halogens is 1. The summed E-state index contributed by atoms with van der Waals surface area (Å²) in [5.41, 5.74) is 4.34. The fourth-order valence-electron chi connectivity index (χ4n) is 2.68. The second-order valence-electron chi connectivity index (χ2n) is 5.42. The van der Waals surface area contributed by atoms with Gasteiger partial charge in [-0.25, -0.2) is 4.39 Å². The molecule has 0 fully saturated rings. The number of aliphatic hydroxyl groups is 1. The summed E-state index contributed by atoms with van der Waals surface area (Å²) in [6, 6.07) is 10.2. The van der Waals surface area contributed by atoms with Gasteiger partial charge in [-0.2, -0.15) is 0 Å². The number of rotatable bonds is 2. The van der Waals surface area contributed by atoms with E-state index in [1.165, 1.54) is 12.1 Å². The summed E-state index contributed by atoms with van der Waals surface area (Å²) >= 11 is 0. The summed E-state index contributed by atoms with van der Waals surface area (Å²) in [4.78, 5) is 0. The highest BCUT2D eigenvalue weighted by molar-refractivity contribution is 5.82. The normalized spacial score (nSPS) is 12.8. The van der Waals surface area contributed by atoms with Gasteiger partial charge in [-0.15, -0.1) is 0 Å². The van der Waals surface area contributed by atoms with Crippen LogP contribution in [0.15, 0.2) is 40.8 Å². The van der Waals surface area contributed by atoms with Crippen molar-refractivity contribution >= 4 is 11.0 Å². The standard InChI is InChI=1S/C18H17FO2/c1-10-5-4-6-14(11(10)2)17(20)18-12(3)15-9-13(19)7-8-16(15)21-18/h4-9,17,20H,1-3H3. The van der Waals surface area contributed by atoms with Crippen LogP contribution in [0.4, 0.5) is 4.39 Å². The molecule has 0 aliphatic rings. The van der Waals surface area contributed by atoms with Gasteiger partial charge < -0.3 is 9.52 Å². The fourth-order valence-corrected chi connectivity index (χ4v) is 2.68. The Labute approximate surface area is 122 Å². The molecule has 3 heteroatoms. The molecule has 2 nitrogen and oxygen atoms in total. The van der Waals surface area contributed by atoms with Crippen LogP contribution in [-0.2, 0) is 0 Å². The van der Waals surface area contributed by atoms with Gasteiger partial charge >= 0.3 is 0 Å². The van der Waals surface area contributed by atoms with Crippen molar-refractivity contribution in [2.24, 2.45) is 0 Å². The average molecular weight is 284 g/mol. The van der Waals surface area contributed by atoms with E-state index in [-0.39, 0.29) is 5.82 Å². The number of aliphatic hydroxyl groups excluding tert-OH is 1. The minimum atomic E-state index is -0.847. The third kappa shape index (κ3) is 2.24. The molecule has 0 bridgehead atoms. The second-order valence-corrected chi connectivity index (χ2v) is 5.42. The van der Waals surface area contributed by atoms with Gasteiger partial charge in [-0.3, -0.25) is 0 Å². The maximum absolute atomic E-state index is 13.4. The molecular weight excluding hydrogens is 267 g/mol. The van der Waals surface area contributed by atoms with Crippen LogP contribution in [0.3, 0.4) is 0 Å². The largest absolute Gasteiger partial charge is 0.458 e. The lowest BCUT2D eigenvalue weighted by Crippen LogP contribution is -2.03. The number of hydrogen-bond acceptors (Lipinski definition) is 2. The summed E-state index contributed by atoms with van der Waals surface area (Å²) in [6.45, 7) is 5.83. The van der Waals surface area contributed by atoms with E-state index in [9.17, 15) is 9.50 Å².